The fourth-order valence-electron chi connectivity index (χ4n) is 2.14. The molecule has 2 heterocycles. The van der Waals surface area contributed by atoms with Crippen molar-refractivity contribution in [3.05, 3.63) is 23.5 Å². The zero-order valence-electron chi connectivity index (χ0n) is 10.0. The first kappa shape index (κ1) is 11.7. The summed E-state index contributed by atoms with van der Waals surface area (Å²) < 4.78 is 1.83. The molecule has 5 nitrogen and oxygen atoms in total. The summed E-state index contributed by atoms with van der Waals surface area (Å²) in [4.78, 5) is 24.6. The van der Waals surface area contributed by atoms with E-state index >= 15 is 0 Å². The van der Waals surface area contributed by atoms with Gasteiger partial charge >= 0.3 is 5.97 Å². The van der Waals surface area contributed by atoms with Gasteiger partial charge in [-0.15, -0.1) is 0 Å². The van der Waals surface area contributed by atoms with Crippen LogP contribution in [0.15, 0.2) is 12.1 Å². The Morgan fingerprint density at radius 3 is 2.59 bits per heavy atom. The zero-order chi connectivity index (χ0) is 12.6. The van der Waals surface area contributed by atoms with Crippen LogP contribution in [0.1, 0.15) is 22.6 Å². The van der Waals surface area contributed by atoms with Gasteiger partial charge in [0.2, 0.25) is 0 Å². The number of carbonyl (C=O) groups is 2. The minimum Gasteiger partial charge on any atom is -0.481 e. The molecule has 92 valence electrons. The molecule has 17 heavy (non-hydrogen) atoms. The quantitative estimate of drug-likeness (QED) is 0.829. The van der Waals surface area contributed by atoms with Crippen LogP contribution in [0.2, 0.25) is 0 Å². The third-order valence-electron chi connectivity index (χ3n) is 3.42. The predicted octanol–water partition coefficient (Wildman–Crippen LogP) is 0.880. The number of carboxylic acids is 1. The average Bonchev–Trinajstić information content (AvgIpc) is 2.87. The van der Waals surface area contributed by atoms with E-state index in [2.05, 4.69) is 0 Å². The Hall–Kier alpha value is -1.78. The second-order valence-corrected chi connectivity index (χ2v) is 4.49. The Kier molecular flexibility index (Phi) is 2.92. The highest BCUT2D eigenvalue weighted by Crippen LogP contribution is 2.19. The molecule has 1 aromatic rings. The summed E-state index contributed by atoms with van der Waals surface area (Å²) in [5.41, 5.74) is 1.64. The molecule has 1 fully saturated rings. The van der Waals surface area contributed by atoms with Gasteiger partial charge in [-0.3, -0.25) is 9.59 Å². The second kappa shape index (κ2) is 4.24. The Bertz CT molecular complexity index is 464. The van der Waals surface area contributed by atoms with Crippen LogP contribution in [0.4, 0.5) is 0 Å². The molecule has 1 atom stereocenters. The van der Waals surface area contributed by atoms with Crippen LogP contribution < -0.4 is 0 Å². The number of carboxylic acid groups (broad SMARTS) is 1. The van der Waals surface area contributed by atoms with Crippen molar-refractivity contribution in [3.63, 3.8) is 0 Å². The van der Waals surface area contributed by atoms with Crippen molar-refractivity contribution in [3.8, 4) is 0 Å². The normalized spacial score (nSPS) is 19.6. The van der Waals surface area contributed by atoms with E-state index < -0.39 is 11.9 Å². The first-order valence-electron chi connectivity index (χ1n) is 5.65. The Labute approximate surface area is 99.6 Å². The number of carbonyl (C=O) groups excluding carboxylic acids is 1. The van der Waals surface area contributed by atoms with Gasteiger partial charge in [-0.25, -0.2) is 0 Å². The molecule has 0 radical (unpaired) electrons. The number of aliphatic carboxylic acids is 1. The third-order valence-corrected chi connectivity index (χ3v) is 3.42. The Morgan fingerprint density at radius 1 is 1.41 bits per heavy atom. The lowest BCUT2D eigenvalue weighted by atomic mass is 10.1. The minimum atomic E-state index is -0.816. The van der Waals surface area contributed by atoms with E-state index in [-0.39, 0.29) is 5.91 Å². The summed E-state index contributed by atoms with van der Waals surface area (Å²) in [7, 11) is 1.84. The number of rotatable bonds is 2. The van der Waals surface area contributed by atoms with Gasteiger partial charge in [-0.05, 0) is 25.5 Å². The lowest BCUT2D eigenvalue weighted by Gasteiger charge is -2.16. The average molecular weight is 236 g/mol. The molecular formula is C12H16N2O3. The van der Waals surface area contributed by atoms with Gasteiger partial charge in [0, 0.05) is 25.8 Å². The SMILES string of the molecule is Cc1ccc(C(=O)N2CCC(C(=O)O)C2)n1C. The number of amides is 1. The van der Waals surface area contributed by atoms with Crippen LogP contribution in [0, 0.1) is 12.8 Å². The maximum absolute atomic E-state index is 12.2. The summed E-state index contributed by atoms with van der Waals surface area (Å²) in [6.07, 6.45) is 0.546. The number of hydrogen-bond donors (Lipinski definition) is 1. The molecule has 1 aliphatic rings. The van der Waals surface area contributed by atoms with E-state index in [0.717, 1.165) is 5.69 Å². The van der Waals surface area contributed by atoms with E-state index in [9.17, 15) is 9.59 Å². The molecule has 0 aromatic carbocycles. The van der Waals surface area contributed by atoms with Gasteiger partial charge in [0.25, 0.3) is 5.91 Å². The summed E-state index contributed by atoms with van der Waals surface area (Å²) in [5.74, 6) is -1.31. The standard InChI is InChI=1S/C12H16N2O3/c1-8-3-4-10(13(8)2)11(15)14-6-5-9(7-14)12(16)17/h3-4,9H,5-7H2,1-2H3,(H,16,17). The molecule has 0 bridgehead atoms. The number of nitrogens with zero attached hydrogens (tertiary/aromatic N) is 2. The van der Waals surface area contributed by atoms with Crippen LogP contribution in [-0.2, 0) is 11.8 Å². The molecule has 5 heteroatoms. The molecule has 1 aromatic heterocycles. The summed E-state index contributed by atoms with van der Waals surface area (Å²) in [6, 6.07) is 3.67. The van der Waals surface area contributed by atoms with Gasteiger partial charge in [0.15, 0.2) is 0 Å². The fourth-order valence-corrected chi connectivity index (χ4v) is 2.14. The maximum Gasteiger partial charge on any atom is 0.308 e. The molecule has 1 unspecified atom stereocenters. The van der Waals surface area contributed by atoms with E-state index in [1.165, 1.54) is 0 Å². The summed E-state index contributed by atoms with van der Waals surface area (Å²) in [5, 5.41) is 8.90. The van der Waals surface area contributed by atoms with E-state index in [0.29, 0.717) is 25.2 Å². The molecule has 1 saturated heterocycles. The highest BCUT2D eigenvalue weighted by molar-refractivity contribution is 5.93. The van der Waals surface area contributed by atoms with Crippen molar-refractivity contribution < 1.29 is 14.7 Å². The molecular weight excluding hydrogens is 220 g/mol. The van der Waals surface area contributed by atoms with Crippen molar-refractivity contribution in [1.29, 1.82) is 0 Å². The van der Waals surface area contributed by atoms with Crippen LogP contribution in [0.25, 0.3) is 0 Å². The van der Waals surface area contributed by atoms with Crippen molar-refractivity contribution >= 4 is 11.9 Å². The Balaban J connectivity index is 2.12. The fraction of sp³-hybridized carbons (Fsp3) is 0.500. The minimum absolute atomic E-state index is 0.0793. The van der Waals surface area contributed by atoms with Gasteiger partial charge in [0.05, 0.1) is 5.92 Å². The van der Waals surface area contributed by atoms with Crippen molar-refractivity contribution in [2.24, 2.45) is 13.0 Å². The molecule has 0 spiro atoms. The number of aryl methyl sites for hydroxylation is 1. The molecule has 0 aliphatic carbocycles. The van der Waals surface area contributed by atoms with Crippen molar-refractivity contribution in [2.45, 2.75) is 13.3 Å². The van der Waals surface area contributed by atoms with Gasteiger partial charge in [-0.1, -0.05) is 0 Å². The van der Waals surface area contributed by atoms with E-state index in [1.54, 1.807) is 11.0 Å². The number of likely N-dealkylation sites (tertiary alicyclic amines) is 1. The Morgan fingerprint density at radius 2 is 2.12 bits per heavy atom. The van der Waals surface area contributed by atoms with Crippen LogP contribution in [0.3, 0.4) is 0 Å². The summed E-state index contributed by atoms with van der Waals surface area (Å²) in [6.45, 7) is 2.78. The molecule has 1 aliphatic heterocycles. The van der Waals surface area contributed by atoms with Crippen LogP contribution in [-0.4, -0.2) is 39.5 Å². The van der Waals surface area contributed by atoms with Gasteiger partial charge in [-0.2, -0.15) is 0 Å². The summed E-state index contributed by atoms with van der Waals surface area (Å²) >= 11 is 0. The molecule has 2 rings (SSSR count). The van der Waals surface area contributed by atoms with Crippen LogP contribution in [0.5, 0.6) is 0 Å². The van der Waals surface area contributed by atoms with Gasteiger partial charge < -0.3 is 14.6 Å². The lowest BCUT2D eigenvalue weighted by molar-refractivity contribution is -0.141. The van der Waals surface area contributed by atoms with E-state index in [4.69, 9.17) is 5.11 Å². The van der Waals surface area contributed by atoms with Crippen molar-refractivity contribution in [2.75, 3.05) is 13.1 Å². The molecule has 1 N–H and O–H groups in total. The topological polar surface area (TPSA) is 62.5 Å². The number of hydrogen-bond acceptors (Lipinski definition) is 2. The first-order valence-corrected chi connectivity index (χ1v) is 5.65. The highest BCUT2D eigenvalue weighted by Gasteiger charge is 2.32. The monoisotopic (exact) mass is 236 g/mol. The van der Waals surface area contributed by atoms with E-state index in [1.807, 2.05) is 24.6 Å². The number of aromatic nitrogens is 1. The zero-order valence-corrected chi connectivity index (χ0v) is 10.0. The predicted molar refractivity (Wildman–Crippen MR) is 61.8 cm³/mol. The second-order valence-electron chi connectivity index (χ2n) is 4.49. The smallest absolute Gasteiger partial charge is 0.308 e. The third kappa shape index (κ3) is 2.05. The first-order chi connectivity index (χ1) is 8.00. The maximum atomic E-state index is 12.2. The largest absolute Gasteiger partial charge is 0.481 e. The van der Waals surface area contributed by atoms with Crippen molar-refractivity contribution in [1.82, 2.24) is 9.47 Å². The highest BCUT2D eigenvalue weighted by atomic mass is 16.4. The molecule has 1 amide bonds. The lowest BCUT2D eigenvalue weighted by Crippen LogP contribution is -2.31. The molecule has 0 saturated carbocycles. The van der Waals surface area contributed by atoms with Crippen LogP contribution >= 0.6 is 0 Å². The van der Waals surface area contributed by atoms with Gasteiger partial charge in [0.1, 0.15) is 5.69 Å².